The first kappa shape index (κ1) is 37.1. The highest BCUT2D eigenvalue weighted by Crippen LogP contribution is 2.30. The van der Waals surface area contributed by atoms with Crippen molar-refractivity contribution in [3.63, 3.8) is 0 Å². The van der Waals surface area contributed by atoms with Crippen LogP contribution >= 0.6 is 0 Å². The highest BCUT2D eigenvalue weighted by atomic mass is 16.6. The van der Waals surface area contributed by atoms with Gasteiger partial charge in [0.2, 0.25) is 11.8 Å². The second-order valence-electron chi connectivity index (χ2n) is 11.3. The second kappa shape index (κ2) is 19.3. The van der Waals surface area contributed by atoms with Gasteiger partial charge in [-0.2, -0.15) is 0 Å². The van der Waals surface area contributed by atoms with E-state index in [2.05, 4.69) is 10.3 Å². The molecule has 0 saturated heterocycles. The van der Waals surface area contributed by atoms with Crippen molar-refractivity contribution >= 4 is 39.6 Å². The summed E-state index contributed by atoms with van der Waals surface area (Å²) in [6.07, 6.45) is 0.554. The molecular formula is C32H50N6O8. The van der Waals surface area contributed by atoms with Gasteiger partial charge in [-0.05, 0) is 26.8 Å². The molecule has 0 fully saturated rings. The van der Waals surface area contributed by atoms with Gasteiger partial charge in [-0.3, -0.25) is 9.59 Å². The monoisotopic (exact) mass is 646 g/mol. The van der Waals surface area contributed by atoms with Gasteiger partial charge >= 0.3 is 0 Å². The number of para-hydroxylation sites is 1. The van der Waals surface area contributed by atoms with E-state index >= 15 is 0 Å². The third kappa shape index (κ3) is 12.1. The van der Waals surface area contributed by atoms with E-state index in [0.717, 1.165) is 16.4 Å². The van der Waals surface area contributed by atoms with Crippen molar-refractivity contribution in [1.29, 1.82) is 0 Å². The SMILES string of the molecule is CCN(Cc1nc2c(N)nc3ccccc3c2n1CC(C)(C)O)C(=O)CCOCCOCCOCCOCCOCCC(=O)NC. The number of carbonyl (C=O) groups excluding carboxylic acids is 2. The Hall–Kier alpha value is -3.40. The number of fused-ring (bicyclic) bond motifs is 3. The summed E-state index contributed by atoms with van der Waals surface area (Å²) in [5.41, 5.74) is 7.37. The number of anilines is 1. The van der Waals surface area contributed by atoms with Crippen molar-refractivity contribution in [3.8, 4) is 0 Å². The lowest BCUT2D eigenvalue weighted by atomic mass is 10.1. The molecule has 0 bridgehead atoms. The van der Waals surface area contributed by atoms with E-state index in [1.165, 1.54) is 0 Å². The van der Waals surface area contributed by atoms with Crippen LogP contribution in [0.3, 0.4) is 0 Å². The number of aromatic nitrogens is 3. The molecule has 3 rings (SSSR count). The molecule has 46 heavy (non-hydrogen) atoms. The van der Waals surface area contributed by atoms with Crippen LogP contribution in [0.25, 0.3) is 21.9 Å². The molecule has 0 radical (unpaired) electrons. The molecule has 3 aromatic rings. The number of nitrogens with two attached hydrogens (primary N) is 1. The number of nitrogens with one attached hydrogen (secondary N) is 1. The summed E-state index contributed by atoms with van der Waals surface area (Å²) in [4.78, 5) is 35.2. The van der Waals surface area contributed by atoms with Gasteiger partial charge in [0.25, 0.3) is 0 Å². The van der Waals surface area contributed by atoms with Crippen molar-refractivity contribution in [2.75, 3.05) is 85.4 Å². The zero-order valence-corrected chi connectivity index (χ0v) is 27.6. The third-order valence-corrected chi connectivity index (χ3v) is 7.00. The number of benzene rings is 1. The van der Waals surface area contributed by atoms with Gasteiger partial charge in [0, 0.05) is 25.4 Å². The Kier molecular flexibility index (Phi) is 15.6. The first-order valence-corrected chi connectivity index (χ1v) is 15.8. The maximum absolute atomic E-state index is 13.1. The van der Waals surface area contributed by atoms with Crippen molar-refractivity contribution in [1.82, 2.24) is 24.8 Å². The summed E-state index contributed by atoms with van der Waals surface area (Å²) in [5.74, 6) is 0.825. The van der Waals surface area contributed by atoms with E-state index in [-0.39, 0.29) is 37.9 Å². The third-order valence-electron chi connectivity index (χ3n) is 7.00. The highest BCUT2D eigenvalue weighted by molar-refractivity contribution is 6.06. The average Bonchev–Trinajstić information content (AvgIpc) is 3.38. The van der Waals surface area contributed by atoms with Gasteiger partial charge in [-0.25, -0.2) is 9.97 Å². The highest BCUT2D eigenvalue weighted by Gasteiger charge is 2.24. The lowest BCUT2D eigenvalue weighted by Crippen LogP contribution is -2.34. The first-order valence-electron chi connectivity index (χ1n) is 15.8. The summed E-state index contributed by atoms with van der Waals surface area (Å²) < 4.78 is 29.3. The number of amides is 2. The zero-order valence-electron chi connectivity index (χ0n) is 27.6. The molecular weight excluding hydrogens is 596 g/mol. The van der Waals surface area contributed by atoms with Crippen LogP contribution in [0, 0.1) is 0 Å². The number of rotatable bonds is 23. The molecule has 1 aromatic carbocycles. The van der Waals surface area contributed by atoms with E-state index in [0.29, 0.717) is 89.6 Å². The minimum absolute atomic E-state index is 0.0500. The number of pyridine rings is 1. The number of nitrogen functional groups attached to an aromatic ring is 1. The predicted molar refractivity (Wildman–Crippen MR) is 174 cm³/mol. The van der Waals surface area contributed by atoms with Gasteiger partial charge in [-0.1, -0.05) is 18.2 Å². The molecule has 4 N–H and O–H groups in total. The van der Waals surface area contributed by atoms with Crippen molar-refractivity contribution in [3.05, 3.63) is 30.1 Å². The largest absolute Gasteiger partial charge is 0.389 e. The van der Waals surface area contributed by atoms with Gasteiger partial charge < -0.3 is 49.3 Å². The normalized spacial score (nSPS) is 11.8. The molecule has 0 saturated carbocycles. The minimum Gasteiger partial charge on any atom is -0.389 e. The lowest BCUT2D eigenvalue weighted by Gasteiger charge is -2.24. The Morgan fingerprint density at radius 3 is 1.98 bits per heavy atom. The maximum Gasteiger partial charge on any atom is 0.225 e. The number of nitrogens with zero attached hydrogens (tertiary/aromatic N) is 4. The topological polar surface area (TPSA) is 173 Å². The van der Waals surface area contributed by atoms with Crippen LogP contribution in [0.2, 0.25) is 0 Å². The summed E-state index contributed by atoms with van der Waals surface area (Å²) >= 11 is 0. The number of hydrogen-bond acceptors (Lipinski definition) is 11. The molecule has 0 aliphatic carbocycles. The summed E-state index contributed by atoms with van der Waals surface area (Å²) in [7, 11) is 1.59. The fourth-order valence-corrected chi connectivity index (χ4v) is 4.72. The van der Waals surface area contributed by atoms with E-state index < -0.39 is 5.60 Å². The van der Waals surface area contributed by atoms with Gasteiger partial charge in [-0.15, -0.1) is 0 Å². The molecule has 14 heteroatoms. The number of ether oxygens (including phenoxy) is 5. The Morgan fingerprint density at radius 2 is 1.43 bits per heavy atom. The standard InChI is InChI=1S/C32H50N6O8/c1-5-37(22-26-36-29-30(38(26)23-32(2,3)41)24-8-6-7-9-25(24)35-31(29)33)28(40)11-13-43-15-17-45-19-21-46-20-18-44-16-14-42-12-10-27(39)34-4/h6-9,41H,5,10-23H2,1-4H3,(H2,33,35)(H,34,39). The molecule has 0 unspecified atom stereocenters. The lowest BCUT2D eigenvalue weighted by molar-refractivity contribution is -0.133. The van der Waals surface area contributed by atoms with Gasteiger partial charge in [0.1, 0.15) is 11.3 Å². The first-order chi connectivity index (χ1) is 22.1. The Morgan fingerprint density at radius 1 is 0.891 bits per heavy atom. The van der Waals surface area contributed by atoms with Crippen LogP contribution in [0.5, 0.6) is 0 Å². The molecule has 2 amide bonds. The van der Waals surface area contributed by atoms with Crippen LogP contribution in [0.1, 0.15) is 39.4 Å². The fourth-order valence-electron chi connectivity index (χ4n) is 4.72. The molecule has 2 heterocycles. The molecule has 0 spiro atoms. The Balaban J connectivity index is 1.34. The van der Waals surface area contributed by atoms with E-state index in [1.54, 1.807) is 25.8 Å². The summed E-state index contributed by atoms with van der Waals surface area (Å²) in [6, 6.07) is 7.68. The number of imidazole rings is 1. The van der Waals surface area contributed by atoms with Gasteiger partial charge in [0.05, 0.1) is 102 Å². The number of aliphatic hydroxyl groups is 1. The van der Waals surface area contributed by atoms with E-state index in [4.69, 9.17) is 34.4 Å². The summed E-state index contributed by atoms with van der Waals surface area (Å²) in [5, 5.41) is 14.1. The van der Waals surface area contributed by atoms with Crippen LogP contribution in [-0.4, -0.2) is 122 Å². The van der Waals surface area contributed by atoms with Crippen molar-refractivity contribution < 1.29 is 38.4 Å². The quantitative estimate of drug-likeness (QED) is 0.129. The van der Waals surface area contributed by atoms with E-state index in [9.17, 15) is 14.7 Å². The predicted octanol–water partition coefficient (Wildman–Crippen LogP) is 1.90. The maximum atomic E-state index is 13.1. The second-order valence-corrected chi connectivity index (χ2v) is 11.3. The molecule has 0 atom stereocenters. The minimum atomic E-state index is -1.02. The molecule has 2 aromatic heterocycles. The smallest absolute Gasteiger partial charge is 0.225 e. The number of carbonyl (C=O) groups is 2. The molecule has 256 valence electrons. The van der Waals surface area contributed by atoms with Gasteiger partial charge in [0.15, 0.2) is 5.82 Å². The van der Waals surface area contributed by atoms with Crippen molar-refractivity contribution in [2.24, 2.45) is 0 Å². The van der Waals surface area contributed by atoms with Crippen LogP contribution in [0.15, 0.2) is 24.3 Å². The van der Waals surface area contributed by atoms with E-state index in [1.807, 2.05) is 35.8 Å². The Bertz CT molecular complexity index is 1380. The van der Waals surface area contributed by atoms with Crippen LogP contribution < -0.4 is 11.1 Å². The van der Waals surface area contributed by atoms with Crippen LogP contribution in [-0.2, 0) is 46.4 Å². The molecule has 14 nitrogen and oxygen atoms in total. The van der Waals surface area contributed by atoms with Crippen molar-refractivity contribution in [2.45, 2.75) is 52.3 Å². The molecule has 0 aliphatic heterocycles. The summed E-state index contributed by atoms with van der Waals surface area (Å²) in [6.45, 7) is 10.4. The molecule has 0 aliphatic rings. The average molecular weight is 647 g/mol. The Labute approximate surface area is 270 Å². The number of hydrogen-bond donors (Lipinski definition) is 3. The zero-order chi connectivity index (χ0) is 33.4. The fraction of sp³-hybridized carbons (Fsp3) is 0.625. The van der Waals surface area contributed by atoms with Crippen LogP contribution in [0.4, 0.5) is 5.82 Å².